The molecule has 0 saturated heterocycles. The third-order valence-corrected chi connectivity index (χ3v) is 5.54. The highest BCUT2D eigenvalue weighted by Crippen LogP contribution is 2.21. The summed E-state index contributed by atoms with van der Waals surface area (Å²) in [5.74, 6) is 1.75. The summed E-state index contributed by atoms with van der Waals surface area (Å²) in [4.78, 5) is 16.0. The van der Waals surface area contributed by atoms with Crippen molar-refractivity contribution in [2.45, 2.75) is 25.3 Å². The number of aryl methyl sites for hydroxylation is 1. The van der Waals surface area contributed by atoms with E-state index in [1.54, 1.807) is 11.8 Å². The molecule has 0 fully saturated rings. The highest BCUT2D eigenvalue weighted by atomic mass is 32.2. The Morgan fingerprint density at radius 2 is 2.07 bits per heavy atom. The van der Waals surface area contributed by atoms with Crippen LogP contribution in [0.3, 0.4) is 0 Å². The third kappa shape index (κ3) is 3.89. The lowest BCUT2D eigenvalue weighted by atomic mass is 10.1. The van der Waals surface area contributed by atoms with Crippen molar-refractivity contribution in [3.63, 3.8) is 0 Å². The van der Waals surface area contributed by atoms with Crippen LogP contribution in [0.15, 0.2) is 54.9 Å². The molecule has 144 valence electrons. The van der Waals surface area contributed by atoms with E-state index in [2.05, 4.69) is 32.8 Å². The molecule has 4 aromatic rings. The van der Waals surface area contributed by atoms with Crippen molar-refractivity contribution in [1.82, 2.24) is 24.9 Å². The summed E-state index contributed by atoms with van der Waals surface area (Å²) in [6.45, 7) is 0. The lowest BCUT2D eigenvalue weighted by Gasteiger charge is -2.17. The van der Waals surface area contributed by atoms with E-state index < -0.39 is 0 Å². The first kappa shape index (κ1) is 18.6. The highest BCUT2D eigenvalue weighted by molar-refractivity contribution is 7.98. The predicted octanol–water partition coefficient (Wildman–Crippen LogP) is 3.75. The average Bonchev–Trinajstić information content (AvgIpc) is 3.34. The van der Waals surface area contributed by atoms with Gasteiger partial charge in [-0.05, 0) is 48.6 Å². The van der Waals surface area contributed by atoms with E-state index in [9.17, 15) is 4.79 Å². The molecule has 0 aliphatic rings. The van der Waals surface area contributed by atoms with Gasteiger partial charge in [0, 0.05) is 29.7 Å². The molecule has 1 amide bonds. The number of carbonyl (C=O) groups is 1. The first-order valence-electron chi connectivity index (χ1n) is 9.39. The number of nitrogens with zero attached hydrogens (tertiary/aromatic N) is 3. The molecule has 7 heteroatoms. The normalized spacial score (nSPS) is 12.5. The van der Waals surface area contributed by atoms with Crippen LogP contribution in [0.4, 0.5) is 0 Å². The van der Waals surface area contributed by atoms with Crippen LogP contribution in [-0.4, -0.2) is 37.5 Å². The second-order valence-corrected chi connectivity index (χ2v) is 7.73. The number of aromatic amines is 1. The molecule has 4 rings (SSSR count). The molecule has 1 atom stereocenters. The lowest BCUT2D eigenvalue weighted by Crippen LogP contribution is -2.30. The number of benzene rings is 1. The maximum Gasteiger partial charge on any atom is 0.220 e. The van der Waals surface area contributed by atoms with Crippen LogP contribution in [0.25, 0.3) is 16.6 Å². The number of pyridine rings is 1. The predicted molar refractivity (Wildman–Crippen MR) is 113 cm³/mol. The van der Waals surface area contributed by atoms with Crippen molar-refractivity contribution in [1.29, 1.82) is 0 Å². The maximum absolute atomic E-state index is 12.7. The minimum absolute atomic E-state index is 0.0315. The largest absolute Gasteiger partial charge is 0.361 e. The van der Waals surface area contributed by atoms with Gasteiger partial charge in [-0.2, -0.15) is 11.8 Å². The summed E-state index contributed by atoms with van der Waals surface area (Å²) in [5.41, 5.74) is 3.06. The molecule has 1 aromatic carbocycles. The molecular formula is C21H23N5OS. The Hall–Kier alpha value is -2.80. The molecule has 0 radical (unpaired) electrons. The van der Waals surface area contributed by atoms with Gasteiger partial charge < -0.3 is 10.3 Å². The van der Waals surface area contributed by atoms with Crippen LogP contribution >= 0.6 is 11.8 Å². The molecule has 0 aliphatic heterocycles. The van der Waals surface area contributed by atoms with E-state index in [0.29, 0.717) is 12.8 Å². The van der Waals surface area contributed by atoms with Gasteiger partial charge in [0.15, 0.2) is 11.5 Å². The van der Waals surface area contributed by atoms with Crippen molar-refractivity contribution >= 4 is 34.2 Å². The topological polar surface area (TPSA) is 75.1 Å². The van der Waals surface area contributed by atoms with Crippen molar-refractivity contribution in [2.75, 3.05) is 12.0 Å². The Kier molecular flexibility index (Phi) is 5.62. The van der Waals surface area contributed by atoms with Gasteiger partial charge in [-0.1, -0.05) is 24.3 Å². The number of fused-ring (bicyclic) bond motifs is 2. The monoisotopic (exact) mass is 393 g/mol. The molecule has 3 heterocycles. The zero-order chi connectivity index (χ0) is 19.3. The first-order valence-corrected chi connectivity index (χ1v) is 10.8. The minimum Gasteiger partial charge on any atom is -0.361 e. The van der Waals surface area contributed by atoms with E-state index >= 15 is 0 Å². The molecular weight excluding hydrogens is 370 g/mol. The summed E-state index contributed by atoms with van der Waals surface area (Å²) in [7, 11) is 0. The van der Waals surface area contributed by atoms with Gasteiger partial charge in [0.25, 0.3) is 0 Å². The quantitative estimate of drug-likeness (QED) is 0.478. The number of amides is 1. The molecule has 28 heavy (non-hydrogen) atoms. The van der Waals surface area contributed by atoms with Gasteiger partial charge in [-0.3, -0.25) is 9.20 Å². The van der Waals surface area contributed by atoms with Crippen LogP contribution in [0.2, 0.25) is 0 Å². The molecule has 2 N–H and O–H groups in total. The number of rotatable bonds is 8. The smallest absolute Gasteiger partial charge is 0.220 e. The van der Waals surface area contributed by atoms with Crippen LogP contribution in [0, 0.1) is 0 Å². The number of carbonyl (C=O) groups excluding carboxylic acids is 1. The standard InChI is InChI=1S/C21H23N5OS/c1-28-13-11-18(21-25-24-19-8-4-5-12-26(19)21)23-20(27)10-9-15-14-22-17-7-3-2-6-16(15)17/h2-8,12,14,18,22H,9-11,13H2,1H3,(H,23,27)/t18-/m1/s1. The summed E-state index contributed by atoms with van der Waals surface area (Å²) in [6, 6.07) is 13.8. The Balaban J connectivity index is 1.46. The van der Waals surface area contributed by atoms with E-state index in [1.165, 1.54) is 10.9 Å². The van der Waals surface area contributed by atoms with Crippen molar-refractivity contribution in [3.05, 3.63) is 66.2 Å². The van der Waals surface area contributed by atoms with Crippen LogP contribution in [-0.2, 0) is 11.2 Å². The number of thioether (sulfide) groups is 1. The molecule has 0 bridgehead atoms. The van der Waals surface area contributed by atoms with Gasteiger partial charge in [-0.15, -0.1) is 10.2 Å². The van der Waals surface area contributed by atoms with E-state index in [0.717, 1.165) is 29.2 Å². The van der Waals surface area contributed by atoms with Crippen LogP contribution < -0.4 is 5.32 Å². The molecule has 0 spiro atoms. The summed E-state index contributed by atoms with van der Waals surface area (Å²) in [5, 5.41) is 12.9. The fraction of sp³-hybridized carbons (Fsp3) is 0.286. The van der Waals surface area contributed by atoms with Gasteiger partial charge >= 0.3 is 0 Å². The zero-order valence-corrected chi connectivity index (χ0v) is 16.6. The maximum atomic E-state index is 12.7. The molecule has 0 saturated carbocycles. The molecule has 0 aliphatic carbocycles. The van der Waals surface area contributed by atoms with Crippen LogP contribution in [0.1, 0.15) is 30.3 Å². The Labute approximate surface area is 167 Å². The fourth-order valence-corrected chi connectivity index (χ4v) is 3.92. The lowest BCUT2D eigenvalue weighted by molar-refractivity contribution is -0.121. The van der Waals surface area contributed by atoms with Crippen molar-refractivity contribution in [2.24, 2.45) is 0 Å². The Morgan fingerprint density at radius 1 is 1.21 bits per heavy atom. The van der Waals surface area contributed by atoms with Crippen molar-refractivity contribution in [3.8, 4) is 0 Å². The number of hydrogen-bond acceptors (Lipinski definition) is 4. The summed E-state index contributed by atoms with van der Waals surface area (Å²) < 4.78 is 1.95. The van der Waals surface area contributed by atoms with Crippen LogP contribution in [0.5, 0.6) is 0 Å². The second kappa shape index (κ2) is 8.48. The number of H-pyrrole nitrogens is 1. The number of hydrogen-bond donors (Lipinski definition) is 2. The zero-order valence-electron chi connectivity index (χ0n) is 15.8. The number of nitrogens with one attached hydrogen (secondary N) is 2. The molecule has 6 nitrogen and oxygen atoms in total. The Bertz CT molecular complexity index is 1090. The molecule has 0 unspecified atom stereocenters. The van der Waals surface area contributed by atoms with E-state index in [-0.39, 0.29) is 11.9 Å². The summed E-state index contributed by atoms with van der Waals surface area (Å²) in [6.07, 6.45) is 7.96. The fourth-order valence-electron chi connectivity index (χ4n) is 3.45. The van der Waals surface area contributed by atoms with Gasteiger partial charge in [0.2, 0.25) is 5.91 Å². The number of para-hydroxylation sites is 1. The van der Waals surface area contributed by atoms with Crippen molar-refractivity contribution < 1.29 is 4.79 Å². The van der Waals surface area contributed by atoms with E-state index in [1.807, 2.05) is 53.2 Å². The first-order chi connectivity index (χ1) is 13.8. The van der Waals surface area contributed by atoms with E-state index in [4.69, 9.17) is 0 Å². The van der Waals surface area contributed by atoms with Gasteiger partial charge in [0.1, 0.15) is 0 Å². The SMILES string of the molecule is CSCC[C@@H](NC(=O)CCc1c[nH]c2ccccc12)c1nnc2ccccn12. The van der Waals surface area contributed by atoms with Gasteiger partial charge in [-0.25, -0.2) is 0 Å². The molecule has 3 aromatic heterocycles. The average molecular weight is 394 g/mol. The number of aromatic nitrogens is 4. The second-order valence-electron chi connectivity index (χ2n) is 6.75. The Morgan fingerprint density at radius 3 is 2.96 bits per heavy atom. The highest BCUT2D eigenvalue weighted by Gasteiger charge is 2.20. The third-order valence-electron chi connectivity index (χ3n) is 4.89. The minimum atomic E-state index is -0.152. The van der Waals surface area contributed by atoms with Gasteiger partial charge in [0.05, 0.1) is 6.04 Å². The summed E-state index contributed by atoms with van der Waals surface area (Å²) >= 11 is 1.76.